The van der Waals surface area contributed by atoms with Gasteiger partial charge >= 0.3 is 7.60 Å². The van der Waals surface area contributed by atoms with Crippen molar-refractivity contribution in [1.29, 1.82) is 0 Å². The summed E-state index contributed by atoms with van der Waals surface area (Å²) in [6.07, 6.45) is 2.68. The molecule has 0 spiro atoms. The van der Waals surface area contributed by atoms with Gasteiger partial charge < -0.3 is 9.05 Å². The molecule has 1 atom stereocenters. The molecule has 0 radical (unpaired) electrons. The van der Waals surface area contributed by atoms with Crippen LogP contribution in [0.15, 0.2) is 0 Å². The second kappa shape index (κ2) is 3.56. The zero-order valence-electron chi connectivity index (χ0n) is 9.71. The molecule has 2 saturated heterocycles. The van der Waals surface area contributed by atoms with E-state index in [4.69, 9.17) is 9.05 Å². The SMILES string of the molecule is CC1(C)CCC(C)(P2(=O)OCCCO2)N1. The van der Waals surface area contributed by atoms with Crippen LogP contribution in [0.3, 0.4) is 0 Å². The Balaban J connectivity index is 2.19. The molecule has 0 saturated carbocycles. The van der Waals surface area contributed by atoms with Crippen LogP contribution >= 0.6 is 7.60 Å². The van der Waals surface area contributed by atoms with Crippen LogP contribution in [-0.4, -0.2) is 24.0 Å². The second-order valence-corrected chi connectivity index (χ2v) is 7.80. The highest BCUT2D eigenvalue weighted by atomic mass is 31.2. The highest BCUT2D eigenvalue weighted by Crippen LogP contribution is 2.64. The van der Waals surface area contributed by atoms with Crippen LogP contribution in [0, 0.1) is 0 Å². The van der Waals surface area contributed by atoms with Gasteiger partial charge in [-0.3, -0.25) is 9.88 Å². The van der Waals surface area contributed by atoms with Crippen LogP contribution in [-0.2, 0) is 13.6 Å². The molecule has 0 aromatic rings. The first-order valence-electron chi connectivity index (χ1n) is 5.56. The third-order valence-corrected chi connectivity index (χ3v) is 5.85. The maximum Gasteiger partial charge on any atom is 0.350 e. The van der Waals surface area contributed by atoms with E-state index < -0.39 is 12.9 Å². The lowest BCUT2D eigenvalue weighted by Crippen LogP contribution is -2.46. The fourth-order valence-corrected chi connectivity index (χ4v) is 4.57. The van der Waals surface area contributed by atoms with Crippen LogP contribution < -0.4 is 5.32 Å². The first kappa shape index (κ1) is 11.6. The molecule has 0 aromatic carbocycles. The Morgan fingerprint density at radius 3 is 2.20 bits per heavy atom. The van der Waals surface area contributed by atoms with E-state index in [1.807, 2.05) is 6.92 Å². The van der Waals surface area contributed by atoms with Gasteiger partial charge in [-0.15, -0.1) is 0 Å². The highest BCUT2D eigenvalue weighted by molar-refractivity contribution is 7.55. The summed E-state index contributed by atoms with van der Waals surface area (Å²) in [4.78, 5) is 0. The number of nitrogens with one attached hydrogen (secondary N) is 1. The van der Waals surface area contributed by atoms with Gasteiger partial charge in [0.05, 0.1) is 13.2 Å². The molecule has 4 nitrogen and oxygen atoms in total. The zero-order valence-corrected chi connectivity index (χ0v) is 10.6. The van der Waals surface area contributed by atoms with Gasteiger partial charge in [-0.2, -0.15) is 0 Å². The highest BCUT2D eigenvalue weighted by Gasteiger charge is 2.54. The Bertz CT molecular complexity index is 295. The van der Waals surface area contributed by atoms with Crippen molar-refractivity contribution in [2.75, 3.05) is 13.2 Å². The van der Waals surface area contributed by atoms with Crippen molar-refractivity contribution in [2.45, 2.75) is 50.9 Å². The monoisotopic (exact) mass is 233 g/mol. The summed E-state index contributed by atoms with van der Waals surface area (Å²) in [5.74, 6) is 0. The lowest BCUT2D eigenvalue weighted by Gasteiger charge is -2.37. The van der Waals surface area contributed by atoms with E-state index in [1.165, 1.54) is 0 Å². The number of rotatable bonds is 1. The largest absolute Gasteiger partial charge is 0.350 e. The van der Waals surface area contributed by atoms with E-state index in [2.05, 4.69) is 19.2 Å². The van der Waals surface area contributed by atoms with Crippen molar-refractivity contribution < 1.29 is 13.6 Å². The molecule has 0 bridgehead atoms. The molecule has 88 valence electrons. The minimum atomic E-state index is -2.96. The van der Waals surface area contributed by atoms with Crippen LogP contribution in [0.25, 0.3) is 0 Å². The van der Waals surface area contributed by atoms with Crippen LogP contribution in [0.4, 0.5) is 0 Å². The summed E-state index contributed by atoms with van der Waals surface area (Å²) in [6, 6.07) is 0. The number of hydrogen-bond acceptors (Lipinski definition) is 4. The molecule has 1 N–H and O–H groups in total. The zero-order chi connectivity index (χ0) is 11.2. The Hall–Kier alpha value is 0.110. The van der Waals surface area contributed by atoms with Gasteiger partial charge in [-0.05, 0) is 40.0 Å². The van der Waals surface area contributed by atoms with E-state index in [9.17, 15) is 4.57 Å². The quantitative estimate of drug-likeness (QED) is 0.707. The van der Waals surface area contributed by atoms with Gasteiger partial charge in [-0.1, -0.05) is 0 Å². The van der Waals surface area contributed by atoms with Crippen molar-refractivity contribution in [1.82, 2.24) is 5.32 Å². The van der Waals surface area contributed by atoms with Gasteiger partial charge in [0, 0.05) is 5.54 Å². The Kier molecular flexibility index (Phi) is 2.75. The maximum atomic E-state index is 12.5. The van der Waals surface area contributed by atoms with Crippen molar-refractivity contribution in [3.05, 3.63) is 0 Å². The Morgan fingerprint density at radius 1 is 1.13 bits per heavy atom. The molecule has 15 heavy (non-hydrogen) atoms. The Morgan fingerprint density at radius 2 is 1.73 bits per heavy atom. The Labute approximate surface area is 91.3 Å². The van der Waals surface area contributed by atoms with Gasteiger partial charge in [0.15, 0.2) is 0 Å². The first-order valence-corrected chi connectivity index (χ1v) is 7.10. The van der Waals surface area contributed by atoms with E-state index in [0.717, 1.165) is 19.3 Å². The maximum absolute atomic E-state index is 12.5. The average molecular weight is 233 g/mol. The molecule has 2 fully saturated rings. The summed E-state index contributed by atoms with van der Waals surface area (Å²) in [6.45, 7) is 7.29. The predicted octanol–water partition coefficient (Wildman–Crippen LogP) is 2.49. The van der Waals surface area contributed by atoms with Crippen LogP contribution in [0.5, 0.6) is 0 Å². The third-order valence-electron chi connectivity index (χ3n) is 3.26. The van der Waals surface area contributed by atoms with E-state index in [0.29, 0.717) is 13.2 Å². The molecule has 1 unspecified atom stereocenters. The topological polar surface area (TPSA) is 47.6 Å². The van der Waals surface area contributed by atoms with Crippen molar-refractivity contribution in [3.8, 4) is 0 Å². The summed E-state index contributed by atoms with van der Waals surface area (Å²) < 4.78 is 23.4. The summed E-state index contributed by atoms with van der Waals surface area (Å²) >= 11 is 0. The predicted molar refractivity (Wildman–Crippen MR) is 59.0 cm³/mol. The van der Waals surface area contributed by atoms with Gasteiger partial charge in [0.1, 0.15) is 5.28 Å². The van der Waals surface area contributed by atoms with Crippen molar-refractivity contribution in [2.24, 2.45) is 0 Å². The molecule has 2 heterocycles. The van der Waals surface area contributed by atoms with Gasteiger partial charge in [0.2, 0.25) is 0 Å². The minimum Gasteiger partial charge on any atom is -0.307 e. The number of hydrogen-bond donors (Lipinski definition) is 1. The normalized spacial score (nSPS) is 39.1. The van der Waals surface area contributed by atoms with Gasteiger partial charge in [0.25, 0.3) is 0 Å². The molecular weight excluding hydrogens is 213 g/mol. The fraction of sp³-hybridized carbons (Fsp3) is 1.00. The minimum absolute atomic E-state index is 0.0241. The molecule has 5 heteroatoms. The van der Waals surface area contributed by atoms with Crippen molar-refractivity contribution >= 4 is 7.60 Å². The molecule has 2 rings (SSSR count). The summed E-state index contributed by atoms with van der Waals surface area (Å²) in [5, 5.41) is 2.90. The molecular formula is C10H20NO3P. The van der Waals surface area contributed by atoms with E-state index in [-0.39, 0.29) is 5.54 Å². The fourth-order valence-electron chi connectivity index (χ4n) is 2.37. The van der Waals surface area contributed by atoms with Crippen molar-refractivity contribution in [3.63, 3.8) is 0 Å². The molecule has 0 aromatic heterocycles. The van der Waals surface area contributed by atoms with E-state index >= 15 is 0 Å². The average Bonchev–Trinajstić information content (AvgIpc) is 2.44. The smallest absolute Gasteiger partial charge is 0.307 e. The van der Waals surface area contributed by atoms with Crippen LogP contribution in [0.2, 0.25) is 0 Å². The van der Waals surface area contributed by atoms with E-state index in [1.54, 1.807) is 0 Å². The van der Waals surface area contributed by atoms with Crippen LogP contribution in [0.1, 0.15) is 40.0 Å². The molecule has 0 amide bonds. The third kappa shape index (κ3) is 2.01. The lowest BCUT2D eigenvalue weighted by atomic mass is 10.0. The molecule has 2 aliphatic rings. The lowest BCUT2D eigenvalue weighted by molar-refractivity contribution is 0.126. The molecule has 2 aliphatic heterocycles. The summed E-state index contributed by atoms with van der Waals surface area (Å²) in [5.41, 5.74) is 0.0241. The second-order valence-electron chi connectivity index (χ2n) is 5.30. The molecule has 0 aliphatic carbocycles. The first-order chi connectivity index (χ1) is 6.87. The summed E-state index contributed by atoms with van der Waals surface area (Å²) in [7, 11) is -2.96. The standard InChI is InChI=1S/C10H20NO3P/c1-9(2)5-6-10(3,11-9)15(12)13-7-4-8-14-15/h11H,4-8H2,1-3H3. The van der Waals surface area contributed by atoms with Gasteiger partial charge in [-0.25, -0.2) is 0 Å².